The lowest BCUT2D eigenvalue weighted by molar-refractivity contribution is 0.415. The van der Waals surface area contributed by atoms with Crippen molar-refractivity contribution in [2.75, 3.05) is 13.7 Å². The second kappa shape index (κ2) is 6.89. The molecule has 0 unspecified atom stereocenters. The molecule has 3 aromatic rings. The van der Waals surface area contributed by atoms with Crippen LogP contribution in [0.2, 0.25) is 0 Å². The number of rotatable bonds is 5. The number of hydrogen-bond acceptors (Lipinski definition) is 3. The van der Waals surface area contributed by atoms with Gasteiger partial charge in [0.1, 0.15) is 5.75 Å². The summed E-state index contributed by atoms with van der Waals surface area (Å²) in [6.45, 7) is 4.83. The van der Waals surface area contributed by atoms with Gasteiger partial charge in [0.15, 0.2) is 0 Å². The minimum Gasteiger partial charge on any atom is -0.497 e. The summed E-state index contributed by atoms with van der Waals surface area (Å²) in [6.07, 6.45) is 0.765. The van der Waals surface area contributed by atoms with Crippen LogP contribution in [0, 0.1) is 13.8 Å². The van der Waals surface area contributed by atoms with Crippen LogP contribution >= 0.6 is 0 Å². The van der Waals surface area contributed by atoms with Crippen molar-refractivity contribution < 1.29 is 4.74 Å². The van der Waals surface area contributed by atoms with E-state index in [-0.39, 0.29) is 0 Å². The van der Waals surface area contributed by atoms with Crippen LogP contribution in [0.1, 0.15) is 16.8 Å². The van der Waals surface area contributed by atoms with Gasteiger partial charge in [0.05, 0.1) is 24.2 Å². The Bertz CT molecular complexity index is 835. The van der Waals surface area contributed by atoms with Gasteiger partial charge in [-0.3, -0.25) is 0 Å². The van der Waals surface area contributed by atoms with Gasteiger partial charge in [-0.1, -0.05) is 6.07 Å². The Balaban J connectivity index is 2.11. The normalized spacial score (nSPS) is 10.8. The second-order valence-corrected chi connectivity index (χ2v) is 5.97. The molecule has 2 aromatic carbocycles. The van der Waals surface area contributed by atoms with Crippen molar-refractivity contribution in [1.82, 2.24) is 9.78 Å². The van der Waals surface area contributed by atoms with Gasteiger partial charge in [0.25, 0.3) is 0 Å². The summed E-state index contributed by atoms with van der Waals surface area (Å²) in [7, 11) is 1.67. The van der Waals surface area contributed by atoms with Crippen molar-refractivity contribution in [1.29, 1.82) is 0 Å². The maximum absolute atomic E-state index is 5.71. The highest BCUT2D eigenvalue weighted by Gasteiger charge is 2.12. The third-order valence-electron chi connectivity index (χ3n) is 4.28. The molecule has 0 saturated carbocycles. The summed E-state index contributed by atoms with van der Waals surface area (Å²) in [6, 6.07) is 16.6. The topological polar surface area (TPSA) is 53.1 Å². The van der Waals surface area contributed by atoms with E-state index in [4.69, 9.17) is 15.6 Å². The first-order chi connectivity index (χ1) is 11.6. The molecular formula is C20H23N3O. The van der Waals surface area contributed by atoms with E-state index in [0.717, 1.165) is 34.8 Å². The molecule has 4 heteroatoms. The first-order valence-electron chi connectivity index (χ1n) is 8.13. The molecule has 0 aliphatic rings. The van der Waals surface area contributed by atoms with Crippen molar-refractivity contribution in [3.8, 4) is 22.7 Å². The summed E-state index contributed by atoms with van der Waals surface area (Å²) in [5.41, 5.74) is 12.5. The van der Waals surface area contributed by atoms with Crippen molar-refractivity contribution >= 4 is 0 Å². The van der Waals surface area contributed by atoms with Crippen LogP contribution in [0.15, 0.2) is 48.5 Å². The molecule has 0 spiro atoms. The molecular weight excluding hydrogens is 298 g/mol. The Labute approximate surface area is 142 Å². The van der Waals surface area contributed by atoms with Gasteiger partial charge in [0.2, 0.25) is 0 Å². The Hall–Kier alpha value is -2.59. The average molecular weight is 321 g/mol. The molecule has 0 radical (unpaired) electrons. The Morgan fingerprint density at radius 2 is 1.75 bits per heavy atom. The molecule has 0 aliphatic heterocycles. The summed E-state index contributed by atoms with van der Waals surface area (Å²) >= 11 is 0. The van der Waals surface area contributed by atoms with Crippen molar-refractivity contribution in [3.63, 3.8) is 0 Å². The first-order valence-corrected chi connectivity index (χ1v) is 8.13. The third kappa shape index (κ3) is 3.19. The number of aryl methyl sites for hydroxylation is 2. The molecule has 0 amide bonds. The van der Waals surface area contributed by atoms with Gasteiger partial charge in [-0.25, -0.2) is 4.68 Å². The van der Waals surface area contributed by atoms with E-state index in [1.807, 2.05) is 16.8 Å². The molecule has 0 fully saturated rings. The van der Waals surface area contributed by atoms with Crippen LogP contribution < -0.4 is 10.5 Å². The zero-order valence-electron chi connectivity index (χ0n) is 14.4. The maximum Gasteiger partial charge on any atom is 0.118 e. The molecule has 0 saturated heterocycles. The van der Waals surface area contributed by atoms with Gasteiger partial charge in [-0.15, -0.1) is 0 Å². The standard InChI is InChI=1S/C20H23N3O/c1-14-4-7-18(12-15(14)2)23-20(13-17(22-23)10-11-21)16-5-8-19(24-3)9-6-16/h4-9,12-13H,10-11,21H2,1-3H3. The van der Waals surface area contributed by atoms with Crippen LogP contribution in [0.5, 0.6) is 5.75 Å². The van der Waals surface area contributed by atoms with E-state index in [1.54, 1.807) is 7.11 Å². The minimum absolute atomic E-state index is 0.589. The molecule has 24 heavy (non-hydrogen) atoms. The number of aromatic nitrogens is 2. The van der Waals surface area contributed by atoms with E-state index >= 15 is 0 Å². The van der Waals surface area contributed by atoms with E-state index in [1.165, 1.54) is 11.1 Å². The molecule has 0 atom stereocenters. The number of nitrogens with zero attached hydrogens (tertiary/aromatic N) is 2. The molecule has 1 heterocycles. The van der Waals surface area contributed by atoms with E-state index in [9.17, 15) is 0 Å². The molecule has 4 nitrogen and oxygen atoms in total. The fourth-order valence-electron chi connectivity index (χ4n) is 2.72. The number of benzene rings is 2. The SMILES string of the molecule is COc1ccc(-c2cc(CCN)nn2-c2ccc(C)c(C)c2)cc1. The van der Waals surface area contributed by atoms with Gasteiger partial charge in [-0.2, -0.15) is 5.10 Å². The zero-order chi connectivity index (χ0) is 17.1. The summed E-state index contributed by atoms with van der Waals surface area (Å²) in [4.78, 5) is 0. The highest BCUT2D eigenvalue weighted by Crippen LogP contribution is 2.27. The fraction of sp³-hybridized carbons (Fsp3) is 0.250. The summed E-state index contributed by atoms with van der Waals surface area (Å²) < 4.78 is 7.25. The first kappa shape index (κ1) is 16.3. The van der Waals surface area contributed by atoms with Crippen LogP contribution in [-0.2, 0) is 6.42 Å². The van der Waals surface area contributed by atoms with Crippen LogP contribution in [0.25, 0.3) is 16.9 Å². The smallest absolute Gasteiger partial charge is 0.118 e. The predicted molar refractivity (Wildman–Crippen MR) is 97.8 cm³/mol. The van der Waals surface area contributed by atoms with E-state index in [2.05, 4.69) is 50.2 Å². The lowest BCUT2D eigenvalue weighted by atomic mass is 10.1. The molecule has 124 valence electrons. The van der Waals surface area contributed by atoms with Crippen molar-refractivity contribution in [2.45, 2.75) is 20.3 Å². The largest absolute Gasteiger partial charge is 0.497 e. The Morgan fingerprint density at radius 3 is 2.38 bits per heavy atom. The maximum atomic E-state index is 5.71. The van der Waals surface area contributed by atoms with Crippen LogP contribution in [0.4, 0.5) is 0 Å². The van der Waals surface area contributed by atoms with Gasteiger partial charge < -0.3 is 10.5 Å². The number of hydrogen-bond donors (Lipinski definition) is 1. The molecule has 3 rings (SSSR count). The number of ether oxygens (including phenoxy) is 1. The minimum atomic E-state index is 0.589. The average Bonchev–Trinajstić information content (AvgIpc) is 3.02. The number of nitrogens with two attached hydrogens (primary N) is 1. The van der Waals surface area contributed by atoms with Gasteiger partial charge >= 0.3 is 0 Å². The second-order valence-electron chi connectivity index (χ2n) is 5.97. The van der Waals surface area contributed by atoms with Gasteiger partial charge in [-0.05, 0) is 74.0 Å². The molecule has 0 aliphatic carbocycles. The molecule has 2 N–H and O–H groups in total. The highest BCUT2D eigenvalue weighted by molar-refractivity contribution is 5.64. The Kier molecular flexibility index (Phi) is 4.67. The van der Waals surface area contributed by atoms with Crippen molar-refractivity contribution in [2.24, 2.45) is 5.73 Å². The molecule has 0 bridgehead atoms. The highest BCUT2D eigenvalue weighted by atomic mass is 16.5. The molecule has 1 aromatic heterocycles. The van der Waals surface area contributed by atoms with E-state index < -0.39 is 0 Å². The summed E-state index contributed by atoms with van der Waals surface area (Å²) in [5.74, 6) is 0.846. The zero-order valence-corrected chi connectivity index (χ0v) is 14.4. The quantitative estimate of drug-likeness (QED) is 0.780. The lowest BCUT2D eigenvalue weighted by Gasteiger charge is -2.10. The summed E-state index contributed by atoms with van der Waals surface area (Å²) in [5, 5.41) is 4.77. The van der Waals surface area contributed by atoms with Gasteiger partial charge in [0, 0.05) is 12.0 Å². The fourth-order valence-corrected chi connectivity index (χ4v) is 2.72. The van der Waals surface area contributed by atoms with Crippen LogP contribution in [0.3, 0.4) is 0 Å². The third-order valence-corrected chi connectivity index (χ3v) is 4.28. The monoisotopic (exact) mass is 321 g/mol. The van der Waals surface area contributed by atoms with Crippen LogP contribution in [-0.4, -0.2) is 23.4 Å². The predicted octanol–water partition coefficient (Wildman–Crippen LogP) is 3.67. The van der Waals surface area contributed by atoms with Crippen molar-refractivity contribution in [3.05, 3.63) is 65.4 Å². The Morgan fingerprint density at radius 1 is 1.00 bits per heavy atom. The van der Waals surface area contributed by atoms with E-state index in [0.29, 0.717) is 6.54 Å². The lowest BCUT2D eigenvalue weighted by Crippen LogP contribution is -2.04. The number of methoxy groups -OCH3 is 1.